The molecule has 1 saturated carbocycles. The van der Waals surface area contributed by atoms with Gasteiger partial charge in [0.25, 0.3) is 5.91 Å². The average Bonchev–Trinajstić information content (AvgIpc) is 2.95. The maximum absolute atomic E-state index is 12.1. The summed E-state index contributed by atoms with van der Waals surface area (Å²) in [6, 6.07) is 6.03. The molecular weight excluding hydrogens is 294 g/mol. The Morgan fingerprint density at radius 3 is 2.55 bits per heavy atom. The first-order valence-electron chi connectivity index (χ1n) is 8.19. The molecule has 1 atom stereocenters. The van der Waals surface area contributed by atoms with Crippen molar-refractivity contribution >= 4 is 17.7 Å². The lowest BCUT2D eigenvalue weighted by molar-refractivity contribution is -0.127. The van der Waals surface area contributed by atoms with Crippen molar-refractivity contribution in [2.75, 3.05) is 12.3 Å². The van der Waals surface area contributed by atoms with E-state index in [0.29, 0.717) is 0 Å². The maximum atomic E-state index is 12.1. The predicted molar refractivity (Wildman–Crippen MR) is 93.7 cm³/mol. The fourth-order valence-electron chi connectivity index (χ4n) is 2.86. The standard InChI is InChI=1S/C18H27NO2S/c1-13-10-14(2)12-16(11-13)21-15(3)18(20)19-8-9-22-17-6-4-5-7-17/h10-12,15,17H,4-9H2,1-3H3,(H,19,20)/t15-/m1/s1. The van der Waals surface area contributed by atoms with Crippen molar-refractivity contribution in [3.63, 3.8) is 0 Å². The third-order valence-corrected chi connectivity index (χ3v) is 5.32. The Labute approximate surface area is 138 Å². The van der Waals surface area contributed by atoms with Gasteiger partial charge in [0, 0.05) is 17.5 Å². The Balaban J connectivity index is 1.69. The van der Waals surface area contributed by atoms with Crippen LogP contribution in [0, 0.1) is 13.8 Å². The summed E-state index contributed by atoms with van der Waals surface area (Å²) >= 11 is 1.99. The van der Waals surface area contributed by atoms with Crippen molar-refractivity contribution in [1.82, 2.24) is 5.32 Å². The first-order valence-corrected chi connectivity index (χ1v) is 9.24. The Bertz CT molecular complexity index is 478. The molecule has 122 valence electrons. The summed E-state index contributed by atoms with van der Waals surface area (Å²) in [6.07, 6.45) is 4.95. The molecule has 3 nitrogen and oxygen atoms in total. The Morgan fingerprint density at radius 1 is 1.27 bits per heavy atom. The van der Waals surface area contributed by atoms with Crippen LogP contribution in [0.2, 0.25) is 0 Å². The third-order valence-electron chi connectivity index (χ3n) is 3.93. The van der Waals surface area contributed by atoms with Crippen LogP contribution in [0.5, 0.6) is 5.75 Å². The molecule has 0 aliphatic heterocycles. The second-order valence-corrected chi connectivity index (χ2v) is 7.56. The van der Waals surface area contributed by atoms with E-state index in [-0.39, 0.29) is 5.91 Å². The highest BCUT2D eigenvalue weighted by Gasteiger charge is 2.16. The van der Waals surface area contributed by atoms with E-state index in [4.69, 9.17) is 4.74 Å². The van der Waals surface area contributed by atoms with Gasteiger partial charge in [0.1, 0.15) is 5.75 Å². The molecule has 22 heavy (non-hydrogen) atoms. The molecule has 1 aliphatic carbocycles. The lowest BCUT2D eigenvalue weighted by Gasteiger charge is -2.16. The fourth-order valence-corrected chi connectivity index (χ4v) is 4.08. The van der Waals surface area contributed by atoms with E-state index in [0.717, 1.165) is 34.4 Å². The number of amides is 1. The van der Waals surface area contributed by atoms with Gasteiger partial charge in [-0.2, -0.15) is 11.8 Å². The van der Waals surface area contributed by atoms with Gasteiger partial charge in [-0.1, -0.05) is 18.9 Å². The van der Waals surface area contributed by atoms with Crippen LogP contribution in [0.15, 0.2) is 18.2 Å². The van der Waals surface area contributed by atoms with Crippen molar-refractivity contribution < 1.29 is 9.53 Å². The number of ether oxygens (including phenoxy) is 1. The monoisotopic (exact) mass is 321 g/mol. The second-order valence-electron chi connectivity index (χ2n) is 6.15. The topological polar surface area (TPSA) is 38.3 Å². The number of carbonyl (C=O) groups is 1. The summed E-state index contributed by atoms with van der Waals surface area (Å²) in [5.41, 5.74) is 2.30. The number of aryl methyl sites for hydroxylation is 2. The second kappa shape index (κ2) is 8.47. The van der Waals surface area contributed by atoms with E-state index in [9.17, 15) is 4.79 Å². The van der Waals surface area contributed by atoms with Crippen molar-refractivity contribution in [2.24, 2.45) is 0 Å². The van der Waals surface area contributed by atoms with Gasteiger partial charge in [0.15, 0.2) is 6.10 Å². The SMILES string of the molecule is Cc1cc(C)cc(O[C@H](C)C(=O)NCCSC2CCCC2)c1. The first-order chi connectivity index (χ1) is 10.5. The molecule has 2 rings (SSSR count). The minimum atomic E-state index is -0.460. The smallest absolute Gasteiger partial charge is 0.260 e. The van der Waals surface area contributed by atoms with Crippen molar-refractivity contribution in [2.45, 2.75) is 57.8 Å². The minimum Gasteiger partial charge on any atom is -0.481 e. The van der Waals surface area contributed by atoms with Gasteiger partial charge in [-0.15, -0.1) is 0 Å². The van der Waals surface area contributed by atoms with Crippen molar-refractivity contribution in [3.8, 4) is 5.75 Å². The Morgan fingerprint density at radius 2 is 1.91 bits per heavy atom. The lowest BCUT2D eigenvalue weighted by atomic mass is 10.1. The molecule has 1 N–H and O–H groups in total. The molecule has 0 unspecified atom stereocenters. The Hall–Kier alpha value is -1.16. The van der Waals surface area contributed by atoms with Gasteiger partial charge in [-0.05, 0) is 56.9 Å². The van der Waals surface area contributed by atoms with Gasteiger partial charge >= 0.3 is 0 Å². The van der Waals surface area contributed by atoms with Crippen LogP contribution in [0.1, 0.15) is 43.7 Å². The zero-order valence-electron chi connectivity index (χ0n) is 13.9. The van der Waals surface area contributed by atoms with Crippen LogP contribution in [0.4, 0.5) is 0 Å². The van der Waals surface area contributed by atoms with E-state index in [1.54, 1.807) is 6.92 Å². The van der Waals surface area contributed by atoms with E-state index >= 15 is 0 Å². The molecule has 0 heterocycles. The van der Waals surface area contributed by atoms with Gasteiger partial charge in [0.05, 0.1) is 0 Å². The average molecular weight is 321 g/mol. The Kier molecular flexibility index (Phi) is 6.62. The molecule has 1 amide bonds. The normalized spacial score (nSPS) is 16.5. The van der Waals surface area contributed by atoms with E-state index in [1.165, 1.54) is 25.7 Å². The molecular formula is C18H27NO2S. The zero-order valence-corrected chi connectivity index (χ0v) is 14.7. The summed E-state index contributed by atoms with van der Waals surface area (Å²) in [6.45, 7) is 6.59. The number of thioether (sulfide) groups is 1. The van der Waals surface area contributed by atoms with Crippen LogP contribution in [0.3, 0.4) is 0 Å². The maximum Gasteiger partial charge on any atom is 0.260 e. The minimum absolute atomic E-state index is 0.0359. The number of hydrogen-bond acceptors (Lipinski definition) is 3. The number of carbonyl (C=O) groups excluding carboxylic acids is 1. The summed E-state index contributed by atoms with van der Waals surface area (Å²) in [5, 5.41) is 3.78. The molecule has 4 heteroatoms. The summed E-state index contributed by atoms with van der Waals surface area (Å²) in [4.78, 5) is 12.1. The quantitative estimate of drug-likeness (QED) is 0.775. The van der Waals surface area contributed by atoms with Crippen LogP contribution in [0.25, 0.3) is 0 Å². The summed E-state index contributed by atoms with van der Waals surface area (Å²) < 4.78 is 5.75. The van der Waals surface area contributed by atoms with Crippen LogP contribution >= 0.6 is 11.8 Å². The predicted octanol–water partition coefficient (Wildman–Crippen LogP) is 3.86. The number of rotatable bonds is 7. The molecule has 1 aromatic rings. The lowest BCUT2D eigenvalue weighted by Crippen LogP contribution is -2.37. The highest BCUT2D eigenvalue weighted by molar-refractivity contribution is 7.99. The van der Waals surface area contributed by atoms with E-state index in [2.05, 4.69) is 11.4 Å². The zero-order chi connectivity index (χ0) is 15.9. The van der Waals surface area contributed by atoms with Gasteiger partial charge < -0.3 is 10.1 Å². The van der Waals surface area contributed by atoms with Crippen LogP contribution in [-0.2, 0) is 4.79 Å². The number of hydrogen-bond donors (Lipinski definition) is 1. The molecule has 1 aliphatic rings. The molecule has 1 aromatic carbocycles. The molecule has 0 aromatic heterocycles. The van der Waals surface area contributed by atoms with Gasteiger partial charge in [-0.3, -0.25) is 4.79 Å². The summed E-state index contributed by atoms with van der Waals surface area (Å²) in [5.74, 6) is 1.72. The first kappa shape index (κ1) is 17.2. The van der Waals surface area contributed by atoms with Crippen molar-refractivity contribution in [3.05, 3.63) is 29.3 Å². The van der Waals surface area contributed by atoms with E-state index in [1.807, 2.05) is 37.7 Å². The van der Waals surface area contributed by atoms with Gasteiger partial charge in [-0.25, -0.2) is 0 Å². The fraction of sp³-hybridized carbons (Fsp3) is 0.611. The number of benzene rings is 1. The molecule has 0 spiro atoms. The van der Waals surface area contributed by atoms with Crippen LogP contribution < -0.4 is 10.1 Å². The highest BCUT2D eigenvalue weighted by Crippen LogP contribution is 2.28. The summed E-state index contributed by atoms with van der Waals surface area (Å²) in [7, 11) is 0. The molecule has 1 fully saturated rings. The largest absolute Gasteiger partial charge is 0.481 e. The third kappa shape index (κ3) is 5.56. The number of nitrogens with one attached hydrogen (secondary N) is 1. The molecule has 0 radical (unpaired) electrons. The van der Waals surface area contributed by atoms with E-state index < -0.39 is 6.10 Å². The van der Waals surface area contributed by atoms with Crippen LogP contribution in [-0.4, -0.2) is 29.6 Å². The molecule has 0 bridgehead atoms. The van der Waals surface area contributed by atoms with Gasteiger partial charge in [0.2, 0.25) is 0 Å². The molecule has 0 saturated heterocycles. The highest BCUT2D eigenvalue weighted by atomic mass is 32.2. The van der Waals surface area contributed by atoms with Crippen molar-refractivity contribution in [1.29, 1.82) is 0 Å².